The molecule has 4 heteroatoms. The van der Waals surface area contributed by atoms with E-state index < -0.39 is 0 Å². The molecule has 2 fully saturated rings. The molecule has 0 radical (unpaired) electrons. The molecule has 0 bridgehead atoms. The van der Waals surface area contributed by atoms with Crippen molar-refractivity contribution in [1.29, 1.82) is 0 Å². The molecule has 2 heterocycles. The summed E-state index contributed by atoms with van der Waals surface area (Å²) in [4.78, 5) is 29.0. The van der Waals surface area contributed by atoms with E-state index >= 15 is 0 Å². The number of carbonyl (C=O) groups is 2. The Morgan fingerprint density at radius 1 is 0.783 bits per heavy atom. The molecule has 0 aliphatic carbocycles. The second-order valence-corrected chi connectivity index (χ2v) is 7.14. The molecule has 2 rings (SSSR count). The number of nitrogens with zero attached hydrogens (tertiary/aromatic N) is 2. The van der Waals surface area contributed by atoms with Crippen LogP contribution < -0.4 is 0 Å². The minimum atomic E-state index is 0.259. The molecule has 2 saturated heterocycles. The molecule has 0 spiro atoms. The maximum Gasteiger partial charge on any atom is 0.222 e. The first kappa shape index (κ1) is 18.3. The molecule has 2 aliphatic heterocycles. The van der Waals surface area contributed by atoms with Crippen molar-refractivity contribution >= 4 is 11.8 Å². The maximum absolute atomic E-state index is 12.4. The van der Waals surface area contributed by atoms with Crippen molar-refractivity contribution in [2.45, 2.75) is 96.6 Å². The Hall–Kier alpha value is -1.06. The lowest BCUT2D eigenvalue weighted by Gasteiger charge is -2.36. The third kappa shape index (κ3) is 4.95. The molecular weight excluding hydrogens is 288 g/mol. The average Bonchev–Trinajstić information content (AvgIpc) is 2.61. The number of carbonyl (C=O) groups excluding carboxylic acids is 2. The zero-order chi connectivity index (χ0) is 16.7. The van der Waals surface area contributed by atoms with Gasteiger partial charge in [-0.2, -0.15) is 0 Å². The lowest BCUT2D eigenvalue weighted by molar-refractivity contribution is -0.136. The van der Waals surface area contributed by atoms with Crippen LogP contribution in [-0.4, -0.2) is 46.8 Å². The molecule has 0 saturated carbocycles. The van der Waals surface area contributed by atoms with E-state index in [4.69, 9.17) is 0 Å². The third-order valence-electron chi connectivity index (χ3n) is 5.62. The van der Waals surface area contributed by atoms with Crippen LogP contribution in [0.15, 0.2) is 0 Å². The van der Waals surface area contributed by atoms with E-state index in [-0.39, 0.29) is 11.8 Å². The summed E-state index contributed by atoms with van der Waals surface area (Å²) in [5.74, 6) is 0.519. The first-order valence-electron chi connectivity index (χ1n) is 9.76. The summed E-state index contributed by atoms with van der Waals surface area (Å²) in [7, 11) is 0. The summed E-state index contributed by atoms with van der Waals surface area (Å²) in [6.45, 7) is 6.16. The van der Waals surface area contributed by atoms with Crippen LogP contribution in [0.5, 0.6) is 0 Å². The highest BCUT2D eigenvalue weighted by molar-refractivity contribution is 5.79. The summed E-state index contributed by atoms with van der Waals surface area (Å²) in [6, 6.07) is 0.858. The quantitative estimate of drug-likeness (QED) is 0.747. The van der Waals surface area contributed by atoms with Crippen LogP contribution in [0.2, 0.25) is 0 Å². The Bertz CT molecular complexity index is 361. The van der Waals surface area contributed by atoms with Gasteiger partial charge >= 0.3 is 0 Å². The van der Waals surface area contributed by atoms with Crippen LogP contribution in [0.1, 0.15) is 84.5 Å². The van der Waals surface area contributed by atoms with E-state index in [1.165, 1.54) is 12.8 Å². The standard InChI is InChI=1S/C19H34N2O2/c1-3-16-10-5-7-14-20(16)18(22)12-9-13-19(23)21-15-8-6-11-17(21)4-2/h16-17H,3-15H2,1-2H3/t16-,17-/m1/s1. The highest BCUT2D eigenvalue weighted by Gasteiger charge is 2.27. The van der Waals surface area contributed by atoms with Crippen LogP contribution in [0.3, 0.4) is 0 Å². The minimum absolute atomic E-state index is 0.259. The highest BCUT2D eigenvalue weighted by Crippen LogP contribution is 2.22. The molecule has 0 N–H and O–H groups in total. The van der Waals surface area contributed by atoms with Gasteiger partial charge in [0.05, 0.1) is 0 Å². The van der Waals surface area contributed by atoms with Crippen molar-refractivity contribution in [2.75, 3.05) is 13.1 Å². The number of amides is 2. The van der Waals surface area contributed by atoms with Crippen LogP contribution in [0.4, 0.5) is 0 Å². The van der Waals surface area contributed by atoms with Gasteiger partial charge in [0.1, 0.15) is 0 Å². The van der Waals surface area contributed by atoms with Gasteiger partial charge in [0, 0.05) is 38.0 Å². The first-order valence-corrected chi connectivity index (χ1v) is 9.76. The molecule has 132 valence electrons. The van der Waals surface area contributed by atoms with Gasteiger partial charge in [0.15, 0.2) is 0 Å². The summed E-state index contributed by atoms with van der Waals surface area (Å²) in [6.07, 6.45) is 10.9. The van der Waals surface area contributed by atoms with Crippen molar-refractivity contribution < 1.29 is 9.59 Å². The summed E-state index contributed by atoms with van der Waals surface area (Å²) < 4.78 is 0. The van der Waals surface area contributed by atoms with Crippen LogP contribution in [0.25, 0.3) is 0 Å². The molecule has 2 atom stereocenters. The minimum Gasteiger partial charge on any atom is -0.340 e. The molecule has 0 aromatic carbocycles. The topological polar surface area (TPSA) is 40.6 Å². The van der Waals surface area contributed by atoms with E-state index in [0.717, 1.165) is 51.6 Å². The van der Waals surface area contributed by atoms with Crippen molar-refractivity contribution in [3.63, 3.8) is 0 Å². The molecule has 4 nitrogen and oxygen atoms in total. The first-order chi connectivity index (χ1) is 11.2. The van der Waals surface area contributed by atoms with E-state index in [0.29, 0.717) is 31.3 Å². The summed E-state index contributed by atoms with van der Waals surface area (Å²) in [5, 5.41) is 0. The Labute approximate surface area is 141 Å². The Morgan fingerprint density at radius 2 is 1.22 bits per heavy atom. The fourth-order valence-electron chi connectivity index (χ4n) is 4.18. The van der Waals surface area contributed by atoms with Crippen molar-refractivity contribution in [3.05, 3.63) is 0 Å². The van der Waals surface area contributed by atoms with Gasteiger partial charge in [-0.05, 0) is 57.8 Å². The Balaban J connectivity index is 1.75. The fourth-order valence-corrected chi connectivity index (χ4v) is 4.18. The van der Waals surface area contributed by atoms with Gasteiger partial charge in [0.25, 0.3) is 0 Å². The molecular formula is C19H34N2O2. The fraction of sp³-hybridized carbons (Fsp3) is 0.895. The van der Waals surface area contributed by atoms with Gasteiger partial charge in [-0.15, -0.1) is 0 Å². The largest absolute Gasteiger partial charge is 0.340 e. The molecule has 0 aromatic rings. The smallest absolute Gasteiger partial charge is 0.222 e. The van der Waals surface area contributed by atoms with Crippen LogP contribution in [-0.2, 0) is 9.59 Å². The number of hydrogen-bond acceptors (Lipinski definition) is 2. The van der Waals surface area contributed by atoms with E-state index in [2.05, 4.69) is 23.6 Å². The number of hydrogen-bond donors (Lipinski definition) is 0. The average molecular weight is 322 g/mol. The SMILES string of the molecule is CC[C@@H]1CCCCN1C(=O)CCCC(=O)N1CCCC[C@H]1CC. The second kappa shape index (κ2) is 9.29. The maximum atomic E-state index is 12.4. The highest BCUT2D eigenvalue weighted by atomic mass is 16.2. The third-order valence-corrected chi connectivity index (χ3v) is 5.62. The van der Waals surface area contributed by atoms with Crippen LogP contribution in [0, 0.1) is 0 Å². The second-order valence-electron chi connectivity index (χ2n) is 7.14. The van der Waals surface area contributed by atoms with E-state index in [1.54, 1.807) is 0 Å². The van der Waals surface area contributed by atoms with Gasteiger partial charge in [-0.3, -0.25) is 9.59 Å². The normalized spacial score (nSPS) is 25.5. The lowest BCUT2D eigenvalue weighted by atomic mass is 9.98. The molecule has 0 unspecified atom stereocenters. The van der Waals surface area contributed by atoms with E-state index in [1.807, 2.05) is 0 Å². The zero-order valence-corrected chi connectivity index (χ0v) is 15.1. The Kier molecular flexibility index (Phi) is 7.38. The molecule has 2 aliphatic rings. The van der Waals surface area contributed by atoms with Crippen molar-refractivity contribution in [1.82, 2.24) is 9.80 Å². The number of likely N-dealkylation sites (tertiary alicyclic amines) is 2. The number of rotatable bonds is 6. The van der Waals surface area contributed by atoms with Gasteiger partial charge in [0.2, 0.25) is 11.8 Å². The molecule has 0 aromatic heterocycles. The van der Waals surface area contributed by atoms with Crippen molar-refractivity contribution in [3.8, 4) is 0 Å². The molecule has 2 amide bonds. The van der Waals surface area contributed by atoms with Gasteiger partial charge in [-0.25, -0.2) is 0 Å². The van der Waals surface area contributed by atoms with Crippen LogP contribution >= 0.6 is 0 Å². The predicted molar refractivity (Wildman–Crippen MR) is 93.1 cm³/mol. The van der Waals surface area contributed by atoms with Gasteiger partial charge < -0.3 is 9.80 Å². The zero-order valence-electron chi connectivity index (χ0n) is 15.1. The van der Waals surface area contributed by atoms with E-state index in [9.17, 15) is 9.59 Å². The monoisotopic (exact) mass is 322 g/mol. The molecule has 23 heavy (non-hydrogen) atoms. The summed E-state index contributed by atoms with van der Waals surface area (Å²) in [5.41, 5.74) is 0. The lowest BCUT2D eigenvalue weighted by Crippen LogP contribution is -2.44. The van der Waals surface area contributed by atoms with Crippen molar-refractivity contribution in [2.24, 2.45) is 0 Å². The van der Waals surface area contributed by atoms with Gasteiger partial charge in [-0.1, -0.05) is 13.8 Å². The summed E-state index contributed by atoms with van der Waals surface area (Å²) >= 11 is 0. The predicted octanol–water partition coefficient (Wildman–Crippen LogP) is 3.74. The Morgan fingerprint density at radius 3 is 1.61 bits per heavy atom. The number of piperidine rings is 2.